The lowest BCUT2D eigenvalue weighted by molar-refractivity contribution is 0.660. The second-order valence-corrected chi connectivity index (χ2v) is 24.1. The smallest absolute Gasteiger partial charge is 0.0465 e. The van der Waals surface area contributed by atoms with Crippen LogP contribution in [-0.2, 0) is 10.8 Å². The zero-order chi connectivity index (χ0) is 57.9. The van der Waals surface area contributed by atoms with E-state index in [9.17, 15) is 0 Å². The van der Waals surface area contributed by atoms with Gasteiger partial charge in [-0.2, -0.15) is 0 Å². The Morgan fingerprint density at radius 2 is 0.535 bits per heavy atom. The Morgan fingerprint density at radius 1 is 0.233 bits per heavy atom. The van der Waals surface area contributed by atoms with Gasteiger partial charge in [0.15, 0.2) is 0 Å². The number of fused-ring (bicyclic) bond motifs is 8. The standard InChI is InChI=1S/C84H64N2/c1-83(2)79-53-59(37-49-75(79)77-51-47-69(55-81(77)83)85(65-21-7-5-8-22-65)67-43-39-63(40-44-67)73-27-15-19-61-17-11-13-25-71(61)73)35-33-57-29-31-58(32-30-57)34-36-60-38-50-76-78-52-48-70(56-82(78)84(3,4)80(76)54-60)86(66-23-9-6-10-24-66)68-45-41-64(42-46-68)74-28-16-20-62-18-12-14-26-72(62)74/h5-56H,1-4H3. The Kier molecular flexibility index (Phi) is 12.9. The highest BCUT2D eigenvalue weighted by atomic mass is 15.1. The van der Waals surface area contributed by atoms with Gasteiger partial charge in [-0.15, -0.1) is 0 Å². The number of benzene rings is 13. The van der Waals surface area contributed by atoms with Crippen molar-refractivity contribution in [3.8, 4) is 44.5 Å². The van der Waals surface area contributed by atoms with E-state index >= 15 is 0 Å². The van der Waals surface area contributed by atoms with Crippen LogP contribution in [0.25, 0.3) is 90.4 Å². The first kappa shape index (κ1) is 52.3. The van der Waals surface area contributed by atoms with Gasteiger partial charge in [0.25, 0.3) is 0 Å². The highest BCUT2D eigenvalue weighted by Gasteiger charge is 2.38. The molecule has 0 aliphatic heterocycles. The molecule has 0 bridgehead atoms. The largest absolute Gasteiger partial charge is 0.310 e. The maximum absolute atomic E-state index is 2.42. The van der Waals surface area contributed by atoms with Crippen molar-refractivity contribution in [1.82, 2.24) is 0 Å². The molecule has 2 nitrogen and oxygen atoms in total. The van der Waals surface area contributed by atoms with Crippen LogP contribution >= 0.6 is 0 Å². The average molecular weight is 1100 g/mol. The molecule has 0 N–H and O–H groups in total. The van der Waals surface area contributed by atoms with E-state index in [0.717, 1.165) is 34.1 Å². The van der Waals surface area contributed by atoms with Gasteiger partial charge in [-0.05, 0) is 183 Å². The van der Waals surface area contributed by atoms with Crippen molar-refractivity contribution in [3.05, 3.63) is 336 Å². The molecular formula is C84H64N2. The molecule has 2 aliphatic carbocycles. The molecule has 13 aromatic rings. The monoisotopic (exact) mass is 1100 g/mol. The van der Waals surface area contributed by atoms with Gasteiger partial charge in [-0.1, -0.05) is 270 Å². The summed E-state index contributed by atoms with van der Waals surface area (Å²) in [6, 6.07) is 107. The Labute approximate surface area is 505 Å². The van der Waals surface area contributed by atoms with Crippen molar-refractivity contribution in [2.45, 2.75) is 38.5 Å². The third-order valence-corrected chi connectivity index (χ3v) is 18.2. The van der Waals surface area contributed by atoms with E-state index < -0.39 is 0 Å². The van der Waals surface area contributed by atoms with Crippen molar-refractivity contribution < 1.29 is 0 Å². The van der Waals surface area contributed by atoms with Gasteiger partial charge in [0, 0.05) is 45.0 Å². The molecule has 410 valence electrons. The molecule has 15 rings (SSSR count). The molecule has 0 spiro atoms. The number of rotatable bonds is 12. The highest BCUT2D eigenvalue weighted by Crippen LogP contribution is 2.53. The van der Waals surface area contributed by atoms with Crippen LogP contribution < -0.4 is 9.80 Å². The second-order valence-electron chi connectivity index (χ2n) is 24.1. The average Bonchev–Trinajstić information content (AvgIpc) is 1.70. The van der Waals surface area contributed by atoms with Crippen molar-refractivity contribution in [3.63, 3.8) is 0 Å². The summed E-state index contributed by atoms with van der Waals surface area (Å²) in [6.07, 6.45) is 8.98. The van der Waals surface area contributed by atoms with Crippen LogP contribution in [0.3, 0.4) is 0 Å². The first-order valence-corrected chi connectivity index (χ1v) is 30.0. The van der Waals surface area contributed by atoms with Crippen LogP contribution in [0.2, 0.25) is 0 Å². The lowest BCUT2D eigenvalue weighted by Gasteiger charge is -2.28. The Hall–Kier alpha value is -10.5. The summed E-state index contributed by atoms with van der Waals surface area (Å²) < 4.78 is 0. The topological polar surface area (TPSA) is 6.48 Å². The molecule has 0 saturated heterocycles. The fourth-order valence-corrected chi connectivity index (χ4v) is 13.7. The molecule has 0 unspecified atom stereocenters. The normalized spacial score (nSPS) is 13.4. The summed E-state index contributed by atoms with van der Waals surface area (Å²) in [7, 11) is 0. The predicted molar refractivity (Wildman–Crippen MR) is 368 cm³/mol. The van der Waals surface area contributed by atoms with Gasteiger partial charge in [0.2, 0.25) is 0 Å². The SMILES string of the molecule is CC1(C)c2cc(C=Cc3ccc(C=Cc4ccc5c(c4)C(C)(C)c4cc(N(c6ccccc6)c6ccc(-c7cccc8ccccc78)cc6)ccc4-5)cc3)ccc2-c2ccc(N(c3ccccc3)c3ccc(-c4cccc5ccccc45)cc3)cc21. The number of nitrogens with zero attached hydrogens (tertiary/aromatic N) is 2. The Bertz CT molecular complexity index is 4460. The number of para-hydroxylation sites is 2. The Morgan fingerprint density at radius 3 is 0.942 bits per heavy atom. The molecule has 2 aliphatic rings. The molecular weight excluding hydrogens is 1040 g/mol. The molecule has 0 amide bonds. The molecule has 86 heavy (non-hydrogen) atoms. The first-order chi connectivity index (χ1) is 42.1. The van der Waals surface area contributed by atoms with Gasteiger partial charge in [-0.25, -0.2) is 0 Å². The van der Waals surface area contributed by atoms with Crippen molar-refractivity contribution in [1.29, 1.82) is 0 Å². The minimum atomic E-state index is -0.195. The maximum atomic E-state index is 2.42. The zero-order valence-electron chi connectivity index (χ0n) is 48.9. The van der Waals surface area contributed by atoms with Crippen LogP contribution in [0.15, 0.2) is 291 Å². The molecule has 13 aromatic carbocycles. The summed E-state index contributed by atoms with van der Waals surface area (Å²) in [6.45, 7) is 9.50. The van der Waals surface area contributed by atoms with Gasteiger partial charge in [0.05, 0.1) is 0 Å². The highest BCUT2D eigenvalue weighted by molar-refractivity contribution is 5.99. The summed E-state index contributed by atoms with van der Waals surface area (Å²) >= 11 is 0. The van der Waals surface area contributed by atoms with Gasteiger partial charge < -0.3 is 9.80 Å². The fourth-order valence-electron chi connectivity index (χ4n) is 13.7. The summed E-state index contributed by atoms with van der Waals surface area (Å²) in [5.74, 6) is 0. The molecule has 0 fully saturated rings. The molecule has 2 heteroatoms. The number of hydrogen-bond acceptors (Lipinski definition) is 2. The van der Waals surface area contributed by atoms with E-state index in [-0.39, 0.29) is 10.8 Å². The van der Waals surface area contributed by atoms with E-state index in [0.29, 0.717) is 0 Å². The van der Waals surface area contributed by atoms with Crippen LogP contribution in [0.1, 0.15) is 72.2 Å². The van der Waals surface area contributed by atoms with E-state index in [2.05, 4.69) is 353 Å². The number of hydrogen-bond donors (Lipinski definition) is 0. The van der Waals surface area contributed by atoms with E-state index in [1.54, 1.807) is 0 Å². The minimum absolute atomic E-state index is 0.195. The van der Waals surface area contributed by atoms with E-state index in [1.165, 1.54) is 111 Å². The van der Waals surface area contributed by atoms with Crippen LogP contribution in [-0.4, -0.2) is 0 Å². The number of anilines is 6. The minimum Gasteiger partial charge on any atom is -0.310 e. The lowest BCUT2D eigenvalue weighted by Crippen LogP contribution is -2.16. The molecule has 0 radical (unpaired) electrons. The van der Waals surface area contributed by atoms with Crippen LogP contribution in [0.5, 0.6) is 0 Å². The summed E-state index contributed by atoms with van der Waals surface area (Å²) in [4.78, 5) is 4.77. The van der Waals surface area contributed by atoms with Gasteiger partial charge in [0.1, 0.15) is 0 Å². The first-order valence-electron chi connectivity index (χ1n) is 30.0. The Balaban J connectivity index is 0.641. The van der Waals surface area contributed by atoms with E-state index in [4.69, 9.17) is 0 Å². The van der Waals surface area contributed by atoms with Gasteiger partial charge in [-0.3, -0.25) is 0 Å². The lowest BCUT2D eigenvalue weighted by atomic mass is 9.81. The quantitative estimate of drug-likeness (QED) is 0.113. The molecule has 0 aromatic heterocycles. The van der Waals surface area contributed by atoms with Crippen molar-refractivity contribution in [2.75, 3.05) is 9.80 Å². The molecule has 0 saturated carbocycles. The van der Waals surface area contributed by atoms with Crippen molar-refractivity contribution in [2.24, 2.45) is 0 Å². The third kappa shape index (κ3) is 9.32. The second kappa shape index (κ2) is 21.3. The zero-order valence-corrected chi connectivity index (χ0v) is 48.9. The summed E-state index contributed by atoms with van der Waals surface area (Å²) in [5.41, 5.74) is 26.6. The predicted octanol–water partition coefficient (Wildman–Crippen LogP) is 23.2. The van der Waals surface area contributed by atoms with E-state index in [1.807, 2.05) is 0 Å². The molecule has 0 heterocycles. The van der Waals surface area contributed by atoms with Crippen molar-refractivity contribution >= 4 is 80.0 Å². The van der Waals surface area contributed by atoms with Crippen LogP contribution in [0.4, 0.5) is 34.1 Å². The van der Waals surface area contributed by atoms with Gasteiger partial charge >= 0.3 is 0 Å². The maximum Gasteiger partial charge on any atom is 0.0465 e. The summed E-state index contributed by atoms with van der Waals surface area (Å²) in [5, 5.41) is 5.04. The molecule has 0 atom stereocenters. The third-order valence-electron chi connectivity index (χ3n) is 18.2. The fraction of sp³-hybridized carbons (Fsp3) is 0.0714. The van der Waals surface area contributed by atoms with Crippen LogP contribution in [0, 0.1) is 0 Å².